The molecule has 140 valence electrons. The second kappa shape index (κ2) is 10.4. The Morgan fingerprint density at radius 2 is 1.80 bits per heavy atom. The van der Waals surface area contributed by atoms with Gasteiger partial charge in [-0.1, -0.05) is 12.1 Å². The number of rotatable bonds is 6. The number of nitrogens with zero attached hydrogens (tertiary/aromatic N) is 1. The molecular weight excluding hydrogens is 342 g/mol. The van der Waals surface area contributed by atoms with E-state index in [2.05, 4.69) is 5.32 Å². The number of hydrogen-bond donors (Lipinski definition) is 2. The van der Waals surface area contributed by atoms with Crippen molar-refractivity contribution in [3.63, 3.8) is 0 Å². The number of benzene rings is 1. The van der Waals surface area contributed by atoms with Crippen LogP contribution < -0.4 is 11.1 Å². The van der Waals surface area contributed by atoms with Crippen LogP contribution in [0.5, 0.6) is 0 Å². The lowest BCUT2D eigenvalue weighted by Gasteiger charge is -2.35. The zero-order valence-electron chi connectivity index (χ0n) is 14.9. The van der Waals surface area contributed by atoms with Crippen molar-refractivity contribution < 1.29 is 14.3 Å². The molecule has 0 bridgehead atoms. The summed E-state index contributed by atoms with van der Waals surface area (Å²) in [7, 11) is 0. The largest absolute Gasteiger partial charge is 0.372 e. The Kier molecular flexibility index (Phi) is 8.89. The fraction of sp³-hybridized carbons (Fsp3) is 0.556. The van der Waals surface area contributed by atoms with Crippen LogP contribution in [0, 0.1) is 0 Å². The van der Waals surface area contributed by atoms with Gasteiger partial charge in [0.05, 0.1) is 12.2 Å². The molecule has 0 aliphatic carbocycles. The van der Waals surface area contributed by atoms with Gasteiger partial charge >= 0.3 is 0 Å². The maximum absolute atomic E-state index is 12.6. The van der Waals surface area contributed by atoms with Gasteiger partial charge in [-0.25, -0.2) is 0 Å². The molecule has 2 rings (SSSR count). The predicted octanol–water partition coefficient (Wildman–Crippen LogP) is 1.71. The van der Waals surface area contributed by atoms with Crippen molar-refractivity contribution in [2.24, 2.45) is 5.73 Å². The summed E-state index contributed by atoms with van der Waals surface area (Å²) >= 11 is 0. The molecule has 3 N–H and O–H groups in total. The molecule has 25 heavy (non-hydrogen) atoms. The van der Waals surface area contributed by atoms with Crippen molar-refractivity contribution >= 4 is 24.2 Å². The van der Waals surface area contributed by atoms with Gasteiger partial charge in [0.15, 0.2) is 0 Å². The highest BCUT2D eigenvalue weighted by atomic mass is 35.5. The monoisotopic (exact) mass is 369 g/mol. The highest BCUT2D eigenvalue weighted by Crippen LogP contribution is 2.15. The van der Waals surface area contributed by atoms with E-state index in [4.69, 9.17) is 10.5 Å². The summed E-state index contributed by atoms with van der Waals surface area (Å²) in [4.78, 5) is 26.0. The predicted molar refractivity (Wildman–Crippen MR) is 99.7 cm³/mol. The molecule has 0 saturated carbocycles. The lowest BCUT2D eigenvalue weighted by atomic mass is 10.1. The summed E-state index contributed by atoms with van der Waals surface area (Å²) in [5.74, 6) is 0.0208. The molecule has 2 unspecified atom stereocenters. The first-order valence-electron chi connectivity index (χ1n) is 8.50. The average Bonchev–Trinajstić information content (AvgIpc) is 2.57. The molecule has 1 heterocycles. The first-order valence-corrected chi connectivity index (χ1v) is 8.50. The molecule has 1 aliphatic heterocycles. The topological polar surface area (TPSA) is 84.7 Å². The Labute approximate surface area is 155 Å². The lowest BCUT2D eigenvalue weighted by molar-refractivity contribution is -0.121. The smallest absolute Gasteiger partial charge is 0.254 e. The molecular formula is C18H28ClN3O3. The highest BCUT2D eigenvalue weighted by Gasteiger charge is 2.26. The van der Waals surface area contributed by atoms with E-state index in [1.54, 1.807) is 0 Å². The second-order valence-electron chi connectivity index (χ2n) is 6.33. The Hall–Kier alpha value is -1.63. The van der Waals surface area contributed by atoms with Crippen LogP contribution in [0.15, 0.2) is 24.3 Å². The normalized spacial score (nSPS) is 19.9. The van der Waals surface area contributed by atoms with Crippen LogP contribution in [0.2, 0.25) is 0 Å². The van der Waals surface area contributed by atoms with Crippen LogP contribution in [0.3, 0.4) is 0 Å². The van der Waals surface area contributed by atoms with Crippen LogP contribution in [0.25, 0.3) is 0 Å². The SMILES string of the molecule is CC1CN(C(=O)c2ccc(CNC(=O)CCCN)cc2)CC(C)O1.Cl. The third kappa shape index (κ3) is 6.65. The van der Waals surface area contributed by atoms with Gasteiger partial charge in [-0.3, -0.25) is 9.59 Å². The summed E-state index contributed by atoms with van der Waals surface area (Å²) in [6.45, 7) is 6.16. The fourth-order valence-electron chi connectivity index (χ4n) is 2.84. The van der Waals surface area contributed by atoms with Crippen molar-refractivity contribution in [2.45, 2.75) is 45.4 Å². The van der Waals surface area contributed by atoms with E-state index in [9.17, 15) is 9.59 Å². The minimum absolute atomic E-state index is 0. The third-order valence-corrected chi connectivity index (χ3v) is 4.01. The number of carbonyl (C=O) groups is 2. The van der Waals surface area contributed by atoms with Crippen LogP contribution in [0.4, 0.5) is 0 Å². The van der Waals surface area contributed by atoms with Gasteiger partial charge in [0.25, 0.3) is 5.91 Å². The molecule has 0 spiro atoms. The maximum Gasteiger partial charge on any atom is 0.254 e. The van der Waals surface area contributed by atoms with E-state index in [1.165, 1.54) is 0 Å². The zero-order valence-corrected chi connectivity index (χ0v) is 15.7. The molecule has 0 radical (unpaired) electrons. The van der Waals surface area contributed by atoms with E-state index in [0.29, 0.717) is 44.6 Å². The fourth-order valence-corrected chi connectivity index (χ4v) is 2.84. The first kappa shape index (κ1) is 21.4. The van der Waals surface area contributed by atoms with E-state index < -0.39 is 0 Å². The van der Waals surface area contributed by atoms with Crippen LogP contribution >= 0.6 is 12.4 Å². The molecule has 7 heteroatoms. The quantitative estimate of drug-likeness (QED) is 0.799. The summed E-state index contributed by atoms with van der Waals surface area (Å²) in [5, 5.41) is 2.85. The number of amides is 2. The molecule has 6 nitrogen and oxygen atoms in total. The standard InChI is InChI=1S/C18H27N3O3.ClH/c1-13-11-21(12-14(2)24-13)18(23)16-7-5-15(6-8-16)10-20-17(22)4-3-9-19;/h5-8,13-14H,3-4,9-12,19H2,1-2H3,(H,20,22);1H. The number of ether oxygens (including phenoxy) is 1. The Balaban J connectivity index is 0.00000312. The van der Waals surface area contributed by atoms with Crippen molar-refractivity contribution in [2.75, 3.05) is 19.6 Å². The summed E-state index contributed by atoms with van der Waals surface area (Å²) in [6, 6.07) is 7.39. The maximum atomic E-state index is 12.6. The number of halogens is 1. The minimum atomic E-state index is -0.00288. The molecule has 1 fully saturated rings. The third-order valence-electron chi connectivity index (χ3n) is 4.01. The van der Waals surface area contributed by atoms with E-state index in [-0.39, 0.29) is 36.4 Å². The summed E-state index contributed by atoms with van der Waals surface area (Å²) in [6.07, 6.45) is 1.25. The number of carbonyl (C=O) groups excluding carboxylic acids is 2. The van der Waals surface area contributed by atoms with E-state index in [0.717, 1.165) is 5.56 Å². The lowest BCUT2D eigenvalue weighted by Crippen LogP contribution is -2.48. The molecule has 1 aliphatic rings. The number of hydrogen-bond acceptors (Lipinski definition) is 4. The molecule has 0 aromatic heterocycles. The van der Waals surface area contributed by atoms with Gasteiger partial charge in [0.2, 0.25) is 5.91 Å². The molecule has 2 atom stereocenters. The summed E-state index contributed by atoms with van der Waals surface area (Å²) in [5.41, 5.74) is 7.01. The number of morpholine rings is 1. The van der Waals surface area contributed by atoms with Crippen molar-refractivity contribution in [1.29, 1.82) is 0 Å². The van der Waals surface area contributed by atoms with Crippen molar-refractivity contribution in [3.05, 3.63) is 35.4 Å². The van der Waals surface area contributed by atoms with E-state index in [1.807, 2.05) is 43.0 Å². The number of nitrogens with two attached hydrogens (primary N) is 1. The zero-order chi connectivity index (χ0) is 17.5. The van der Waals surface area contributed by atoms with Gasteiger partial charge in [0.1, 0.15) is 0 Å². The van der Waals surface area contributed by atoms with Crippen LogP contribution in [-0.4, -0.2) is 48.6 Å². The van der Waals surface area contributed by atoms with Gasteiger partial charge in [-0.15, -0.1) is 12.4 Å². The number of nitrogens with one attached hydrogen (secondary N) is 1. The van der Waals surface area contributed by atoms with Crippen molar-refractivity contribution in [1.82, 2.24) is 10.2 Å². The van der Waals surface area contributed by atoms with E-state index >= 15 is 0 Å². The van der Waals surface area contributed by atoms with Gasteiger partial charge in [-0.2, -0.15) is 0 Å². The Bertz CT molecular complexity index is 555. The molecule has 1 aromatic carbocycles. The molecule has 1 aromatic rings. The first-order chi connectivity index (χ1) is 11.5. The molecule has 2 amide bonds. The van der Waals surface area contributed by atoms with Crippen molar-refractivity contribution in [3.8, 4) is 0 Å². The molecule has 1 saturated heterocycles. The summed E-state index contributed by atoms with van der Waals surface area (Å²) < 4.78 is 5.66. The van der Waals surface area contributed by atoms with Gasteiger partial charge in [0, 0.05) is 31.6 Å². The van der Waals surface area contributed by atoms with Gasteiger partial charge < -0.3 is 20.7 Å². The van der Waals surface area contributed by atoms with Gasteiger partial charge in [-0.05, 0) is 44.5 Å². The van der Waals surface area contributed by atoms with Crippen LogP contribution in [-0.2, 0) is 16.1 Å². The Morgan fingerprint density at radius 3 is 2.36 bits per heavy atom. The Morgan fingerprint density at radius 1 is 1.20 bits per heavy atom. The van der Waals surface area contributed by atoms with Crippen LogP contribution in [0.1, 0.15) is 42.6 Å². The highest BCUT2D eigenvalue weighted by molar-refractivity contribution is 5.94. The second-order valence-corrected chi connectivity index (χ2v) is 6.33. The average molecular weight is 370 g/mol. The minimum Gasteiger partial charge on any atom is -0.372 e.